The van der Waals surface area contributed by atoms with Gasteiger partial charge in [0.15, 0.2) is 0 Å². The molecule has 12 heavy (non-hydrogen) atoms. The summed E-state index contributed by atoms with van der Waals surface area (Å²) in [4.78, 5) is 0. The highest BCUT2D eigenvalue weighted by Gasteiger charge is 2.44. The SMILES string of the molecule is CC[C@@H]1N(C)N1C1CCCCC1. The molecule has 0 amide bonds. The summed E-state index contributed by atoms with van der Waals surface area (Å²) in [5, 5.41) is 5.00. The normalized spacial score (nSPS) is 43.0. The predicted octanol–water partition coefficient (Wildman–Crippen LogP) is 2.22. The molecular weight excluding hydrogens is 148 g/mol. The first-order chi connectivity index (χ1) is 5.84. The van der Waals surface area contributed by atoms with Crippen molar-refractivity contribution in [3.05, 3.63) is 0 Å². The molecule has 0 aromatic rings. The van der Waals surface area contributed by atoms with Crippen LogP contribution < -0.4 is 0 Å². The molecule has 0 N–H and O–H groups in total. The molecule has 0 bridgehead atoms. The van der Waals surface area contributed by atoms with Crippen LogP contribution in [0.1, 0.15) is 45.4 Å². The van der Waals surface area contributed by atoms with Gasteiger partial charge in [-0.25, -0.2) is 10.0 Å². The third-order valence-corrected chi connectivity index (χ3v) is 3.36. The summed E-state index contributed by atoms with van der Waals surface area (Å²) in [6, 6.07) is 0.883. The average Bonchev–Trinajstić information content (AvgIpc) is 2.78. The molecule has 2 rings (SSSR count). The smallest absolute Gasteiger partial charge is 0.0891 e. The lowest BCUT2D eigenvalue weighted by Gasteiger charge is -2.22. The molecule has 0 radical (unpaired) electrons. The zero-order chi connectivity index (χ0) is 8.55. The Kier molecular flexibility index (Phi) is 2.37. The Morgan fingerprint density at radius 2 is 1.83 bits per heavy atom. The molecule has 2 aliphatic rings. The minimum atomic E-state index is 0.771. The molecule has 1 aliphatic carbocycles. The lowest BCUT2D eigenvalue weighted by atomic mass is 9.95. The summed E-state index contributed by atoms with van der Waals surface area (Å²) in [5.41, 5.74) is 0. The topological polar surface area (TPSA) is 6.02 Å². The van der Waals surface area contributed by atoms with Gasteiger partial charge < -0.3 is 0 Å². The van der Waals surface area contributed by atoms with Crippen LogP contribution in [0.2, 0.25) is 0 Å². The van der Waals surface area contributed by atoms with Crippen LogP contribution in [0.4, 0.5) is 0 Å². The Balaban J connectivity index is 1.85. The van der Waals surface area contributed by atoms with Gasteiger partial charge in [-0.3, -0.25) is 0 Å². The van der Waals surface area contributed by atoms with Crippen LogP contribution in [0.25, 0.3) is 0 Å². The van der Waals surface area contributed by atoms with Gasteiger partial charge in [0.1, 0.15) is 0 Å². The summed E-state index contributed by atoms with van der Waals surface area (Å²) >= 11 is 0. The Hall–Kier alpha value is -0.0800. The van der Waals surface area contributed by atoms with Crippen LogP contribution in [0.3, 0.4) is 0 Å². The predicted molar refractivity (Wildman–Crippen MR) is 50.6 cm³/mol. The van der Waals surface area contributed by atoms with E-state index in [4.69, 9.17) is 0 Å². The molecule has 2 fully saturated rings. The molecule has 2 heteroatoms. The maximum absolute atomic E-state index is 2.58. The monoisotopic (exact) mass is 168 g/mol. The van der Waals surface area contributed by atoms with E-state index in [1.807, 2.05) is 0 Å². The van der Waals surface area contributed by atoms with Crippen molar-refractivity contribution in [2.24, 2.45) is 0 Å². The molecular formula is C10H20N2. The summed E-state index contributed by atoms with van der Waals surface area (Å²) in [6.07, 6.45) is 9.28. The molecule has 0 aromatic carbocycles. The van der Waals surface area contributed by atoms with Crippen molar-refractivity contribution < 1.29 is 0 Å². The van der Waals surface area contributed by atoms with Crippen molar-refractivity contribution in [1.29, 1.82) is 0 Å². The van der Waals surface area contributed by atoms with Gasteiger partial charge in [0.25, 0.3) is 0 Å². The first-order valence-electron chi connectivity index (χ1n) is 5.35. The summed E-state index contributed by atoms with van der Waals surface area (Å²) in [7, 11) is 2.22. The van der Waals surface area contributed by atoms with Crippen molar-refractivity contribution in [1.82, 2.24) is 10.0 Å². The third kappa shape index (κ3) is 1.38. The Bertz CT molecular complexity index is 152. The van der Waals surface area contributed by atoms with Gasteiger partial charge in [0.2, 0.25) is 0 Å². The van der Waals surface area contributed by atoms with E-state index < -0.39 is 0 Å². The van der Waals surface area contributed by atoms with Crippen LogP contribution >= 0.6 is 0 Å². The number of rotatable bonds is 2. The first kappa shape index (κ1) is 8.52. The Morgan fingerprint density at radius 1 is 1.17 bits per heavy atom. The molecule has 70 valence electrons. The van der Waals surface area contributed by atoms with Crippen LogP contribution in [0, 0.1) is 0 Å². The van der Waals surface area contributed by atoms with Crippen molar-refractivity contribution >= 4 is 0 Å². The molecule has 1 heterocycles. The van der Waals surface area contributed by atoms with Crippen molar-refractivity contribution in [3.8, 4) is 0 Å². The van der Waals surface area contributed by atoms with Crippen molar-refractivity contribution in [3.63, 3.8) is 0 Å². The van der Waals surface area contributed by atoms with Gasteiger partial charge >= 0.3 is 0 Å². The first-order valence-corrected chi connectivity index (χ1v) is 5.35. The summed E-state index contributed by atoms with van der Waals surface area (Å²) in [6.45, 7) is 2.28. The maximum atomic E-state index is 2.58. The molecule has 3 atom stereocenters. The van der Waals surface area contributed by atoms with E-state index in [0.29, 0.717) is 0 Å². The molecule has 1 saturated carbocycles. The van der Waals surface area contributed by atoms with Crippen LogP contribution in [0.5, 0.6) is 0 Å². The second-order valence-electron chi connectivity index (χ2n) is 4.13. The largest absolute Gasteiger partial charge is 0.224 e. The zero-order valence-electron chi connectivity index (χ0n) is 8.29. The molecule has 1 saturated heterocycles. The standard InChI is InChI=1S/C10H20N2/c1-3-10-11(2)12(10)9-7-5-4-6-8-9/h9-10H,3-8H2,1-2H3/t10-,11?,12?/m1/s1. The van der Waals surface area contributed by atoms with E-state index in [9.17, 15) is 0 Å². The Labute approximate surface area is 75.5 Å². The van der Waals surface area contributed by atoms with Crippen LogP contribution in [-0.4, -0.2) is 29.3 Å². The van der Waals surface area contributed by atoms with Gasteiger partial charge in [0, 0.05) is 13.1 Å². The number of nitrogens with zero attached hydrogens (tertiary/aromatic N) is 2. The highest BCUT2D eigenvalue weighted by molar-refractivity contribution is 4.87. The fraction of sp³-hybridized carbons (Fsp3) is 1.00. The minimum absolute atomic E-state index is 0.771. The van der Waals surface area contributed by atoms with Crippen molar-refractivity contribution in [2.75, 3.05) is 7.05 Å². The average molecular weight is 168 g/mol. The van der Waals surface area contributed by atoms with Gasteiger partial charge in [0.05, 0.1) is 6.17 Å². The fourth-order valence-corrected chi connectivity index (χ4v) is 2.62. The third-order valence-electron chi connectivity index (χ3n) is 3.36. The second-order valence-corrected chi connectivity index (χ2v) is 4.13. The minimum Gasteiger partial charge on any atom is -0.224 e. The quantitative estimate of drug-likeness (QED) is 0.583. The molecule has 1 aliphatic heterocycles. The lowest BCUT2D eigenvalue weighted by molar-refractivity contribution is 0.210. The van der Waals surface area contributed by atoms with Crippen molar-refractivity contribution in [2.45, 2.75) is 57.7 Å². The van der Waals surface area contributed by atoms with E-state index in [0.717, 1.165) is 12.2 Å². The maximum Gasteiger partial charge on any atom is 0.0891 e. The summed E-state index contributed by atoms with van der Waals surface area (Å²) in [5.74, 6) is 0. The highest BCUT2D eigenvalue weighted by atomic mass is 15.9. The summed E-state index contributed by atoms with van der Waals surface area (Å²) < 4.78 is 0. The highest BCUT2D eigenvalue weighted by Crippen LogP contribution is 2.35. The van der Waals surface area contributed by atoms with Gasteiger partial charge in [-0.05, 0) is 19.3 Å². The second kappa shape index (κ2) is 3.35. The molecule has 0 aromatic heterocycles. The van der Waals surface area contributed by atoms with E-state index in [1.54, 1.807) is 0 Å². The van der Waals surface area contributed by atoms with Gasteiger partial charge in [-0.1, -0.05) is 26.2 Å². The number of hydrazine groups is 1. The van der Waals surface area contributed by atoms with Gasteiger partial charge in [-0.2, -0.15) is 0 Å². The van der Waals surface area contributed by atoms with E-state index >= 15 is 0 Å². The zero-order valence-corrected chi connectivity index (χ0v) is 8.29. The lowest BCUT2D eigenvalue weighted by Crippen LogP contribution is -2.24. The van der Waals surface area contributed by atoms with E-state index in [1.165, 1.54) is 38.5 Å². The molecule has 0 spiro atoms. The molecule has 2 nitrogen and oxygen atoms in total. The van der Waals surface area contributed by atoms with E-state index in [-0.39, 0.29) is 0 Å². The molecule has 2 unspecified atom stereocenters. The van der Waals surface area contributed by atoms with Crippen LogP contribution in [0.15, 0.2) is 0 Å². The van der Waals surface area contributed by atoms with Crippen LogP contribution in [-0.2, 0) is 0 Å². The van der Waals surface area contributed by atoms with Gasteiger partial charge in [-0.15, -0.1) is 0 Å². The van der Waals surface area contributed by atoms with E-state index in [2.05, 4.69) is 24.0 Å². The number of hydrogen-bond acceptors (Lipinski definition) is 2. The Morgan fingerprint density at radius 3 is 2.33 bits per heavy atom. The fourth-order valence-electron chi connectivity index (χ4n) is 2.62. The number of hydrogen-bond donors (Lipinski definition) is 0.